The molecule has 0 bridgehead atoms. The van der Waals surface area contributed by atoms with Gasteiger partial charge in [-0.25, -0.2) is 4.99 Å². The molecule has 2 heterocycles. The molecular formula is C17H31IN4OS. The minimum absolute atomic E-state index is 0. The van der Waals surface area contributed by atoms with E-state index in [2.05, 4.69) is 34.4 Å². The molecule has 1 aliphatic rings. The predicted octanol–water partition coefficient (Wildman–Crippen LogP) is 2.61. The molecule has 0 spiro atoms. The van der Waals surface area contributed by atoms with Gasteiger partial charge in [0.05, 0.1) is 6.54 Å². The van der Waals surface area contributed by atoms with Gasteiger partial charge in [0.2, 0.25) is 0 Å². The second kappa shape index (κ2) is 10.6. The Morgan fingerprint density at radius 2 is 2.25 bits per heavy atom. The Morgan fingerprint density at radius 1 is 1.46 bits per heavy atom. The normalized spacial score (nSPS) is 21.2. The molecule has 0 aliphatic carbocycles. The molecule has 1 saturated heterocycles. The number of hydrogen-bond donors (Lipinski definition) is 3. The van der Waals surface area contributed by atoms with Crippen molar-refractivity contribution in [2.24, 2.45) is 4.99 Å². The van der Waals surface area contributed by atoms with Crippen LogP contribution in [0.5, 0.6) is 0 Å². The van der Waals surface area contributed by atoms with Gasteiger partial charge in [0.1, 0.15) is 5.60 Å². The highest BCUT2D eigenvalue weighted by Crippen LogP contribution is 2.23. The third-order valence-corrected chi connectivity index (χ3v) is 5.13. The van der Waals surface area contributed by atoms with Crippen LogP contribution < -0.4 is 10.6 Å². The summed E-state index contributed by atoms with van der Waals surface area (Å²) in [5, 5.41) is 21.3. The first-order valence-electron chi connectivity index (χ1n) is 8.58. The fourth-order valence-corrected chi connectivity index (χ4v) is 3.78. The van der Waals surface area contributed by atoms with Gasteiger partial charge in [0.15, 0.2) is 5.96 Å². The monoisotopic (exact) mass is 466 g/mol. The number of halogens is 1. The van der Waals surface area contributed by atoms with Crippen LogP contribution >= 0.6 is 35.3 Å². The lowest BCUT2D eigenvalue weighted by Gasteiger charge is -2.25. The molecule has 1 aliphatic heterocycles. The Hall–Kier alpha value is -0.380. The summed E-state index contributed by atoms with van der Waals surface area (Å²) >= 11 is 1.60. The summed E-state index contributed by atoms with van der Waals surface area (Å²) in [5.41, 5.74) is 0.000539. The fraction of sp³-hybridized carbons (Fsp3) is 0.706. The van der Waals surface area contributed by atoms with Crippen LogP contribution in [-0.4, -0.2) is 54.7 Å². The van der Waals surface area contributed by atoms with Gasteiger partial charge in [-0.15, -0.1) is 24.0 Å². The third kappa shape index (κ3) is 6.16. The quantitative estimate of drug-likeness (QED) is 0.329. The smallest absolute Gasteiger partial charge is 0.191 e. The number of aliphatic imine (C=N–C) groups is 1. The molecule has 3 N–H and O–H groups in total. The molecular weight excluding hydrogens is 435 g/mol. The Kier molecular flexibility index (Phi) is 9.54. The molecule has 0 saturated carbocycles. The number of thiophene rings is 1. The van der Waals surface area contributed by atoms with Crippen LogP contribution in [0.25, 0.3) is 0 Å². The number of rotatable bonds is 7. The van der Waals surface area contributed by atoms with Crippen LogP contribution in [0, 0.1) is 0 Å². The van der Waals surface area contributed by atoms with E-state index in [1.54, 1.807) is 11.3 Å². The molecule has 1 fully saturated rings. The van der Waals surface area contributed by atoms with Gasteiger partial charge < -0.3 is 15.7 Å². The summed E-state index contributed by atoms with van der Waals surface area (Å²) in [7, 11) is 0. The van der Waals surface area contributed by atoms with Crippen LogP contribution in [0.2, 0.25) is 0 Å². The zero-order chi connectivity index (χ0) is 16.7. The summed E-state index contributed by atoms with van der Waals surface area (Å²) in [5.74, 6) is 0.783. The molecule has 2 rings (SSSR count). The molecule has 7 heteroatoms. The number of nitrogens with one attached hydrogen (secondary N) is 2. The lowest BCUT2D eigenvalue weighted by Crippen LogP contribution is -2.45. The molecule has 2 atom stereocenters. The Morgan fingerprint density at radius 3 is 2.88 bits per heavy atom. The van der Waals surface area contributed by atoms with E-state index in [1.807, 2.05) is 23.8 Å². The summed E-state index contributed by atoms with van der Waals surface area (Å²) in [6, 6.07) is 2.54. The van der Waals surface area contributed by atoms with Crippen LogP contribution in [0.1, 0.15) is 39.2 Å². The predicted molar refractivity (Wildman–Crippen MR) is 114 cm³/mol. The standard InChI is InChI=1S/C17H30N4OS.HI/c1-4-18-16(19-11-15-7-6-9-21(15)5-2)20-13-17(3,22)14-8-10-23-12-14;/h8,10,12,15,22H,4-7,9,11,13H2,1-3H3,(H2,18,19,20);1H. The Balaban J connectivity index is 0.00000288. The number of likely N-dealkylation sites (tertiary alicyclic amines) is 1. The summed E-state index contributed by atoms with van der Waals surface area (Å²) in [4.78, 5) is 7.10. The van der Waals surface area contributed by atoms with E-state index in [1.165, 1.54) is 19.4 Å². The second-order valence-corrected chi connectivity index (χ2v) is 7.07. The first kappa shape index (κ1) is 21.7. The van der Waals surface area contributed by atoms with Crippen molar-refractivity contribution in [1.82, 2.24) is 15.5 Å². The van der Waals surface area contributed by atoms with Crippen LogP contribution in [0.15, 0.2) is 21.8 Å². The number of likely N-dealkylation sites (N-methyl/N-ethyl adjacent to an activating group) is 1. The van der Waals surface area contributed by atoms with E-state index >= 15 is 0 Å². The SMILES string of the molecule is CCNC(=NCC(C)(O)c1ccsc1)NCC1CCCN1CC.I. The molecule has 0 amide bonds. The van der Waals surface area contributed by atoms with Crippen molar-refractivity contribution in [3.05, 3.63) is 22.4 Å². The molecule has 2 unspecified atom stereocenters. The van der Waals surface area contributed by atoms with E-state index < -0.39 is 5.60 Å². The topological polar surface area (TPSA) is 59.9 Å². The van der Waals surface area contributed by atoms with E-state index in [-0.39, 0.29) is 24.0 Å². The number of hydrogen-bond acceptors (Lipinski definition) is 4. The summed E-state index contributed by atoms with van der Waals surface area (Å²) < 4.78 is 0. The molecule has 1 aromatic heterocycles. The van der Waals surface area contributed by atoms with E-state index in [4.69, 9.17) is 0 Å². The van der Waals surface area contributed by atoms with Crippen molar-refractivity contribution in [3.63, 3.8) is 0 Å². The van der Waals surface area contributed by atoms with Gasteiger partial charge in [0.25, 0.3) is 0 Å². The van der Waals surface area contributed by atoms with E-state index in [0.29, 0.717) is 12.6 Å². The molecule has 1 aromatic rings. The Labute approximate surface area is 167 Å². The maximum Gasteiger partial charge on any atom is 0.191 e. The van der Waals surface area contributed by atoms with E-state index in [9.17, 15) is 5.11 Å². The van der Waals surface area contributed by atoms with Crippen LogP contribution in [0.3, 0.4) is 0 Å². The minimum atomic E-state index is -0.925. The second-order valence-electron chi connectivity index (χ2n) is 6.29. The average Bonchev–Trinajstić information content (AvgIpc) is 3.20. The molecule has 5 nitrogen and oxygen atoms in total. The molecule has 0 aromatic carbocycles. The van der Waals surface area contributed by atoms with Crippen molar-refractivity contribution in [3.8, 4) is 0 Å². The number of guanidine groups is 1. The van der Waals surface area contributed by atoms with Crippen molar-refractivity contribution >= 4 is 41.3 Å². The average molecular weight is 466 g/mol. The highest BCUT2D eigenvalue weighted by Gasteiger charge is 2.24. The first-order chi connectivity index (χ1) is 11.1. The molecule has 0 radical (unpaired) electrons. The number of nitrogens with zero attached hydrogens (tertiary/aromatic N) is 2. The van der Waals surface area contributed by atoms with Gasteiger partial charge >= 0.3 is 0 Å². The van der Waals surface area contributed by atoms with E-state index in [0.717, 1.165) is 31.2 Å². The van der Waals surface area contributed by atoms with Crippen LogP contribution in [-0.2, 0) is 5.60 Å². The van der Waals surface area contributed by atoms with Gasteiger partial charge in [-0.1, -0.05) is 6.92 Å². The maximum absolute atomic E-state index is 10.6. The zero-order valence-corrected chi connectivity index (χ0v) is 18.1. The minimum Gasteiger partial charge on any atom is -0.383 e. The highest BCUT2D eigenvalue weighted by molar-refractivity contribution is 14.0. The zero-order valence-electron chi connectivity index (χ0n) is 14.9. The third-order valence-electron chi connectivity index (χ3n) is 4.44. The first-order valence-corrected chi connectivity index (χ1v) is 9.52. The van der Waals surface area contributed by atoms with Crippen molar-refractivity contribution in [2.75, 3.05) is 32.7 Å². The van der Waals surface area contributed by atoms with Gasteiger partial charge in [0, 0.05) is 19.1 Å². The maximum atomic E-state index is 10.6. The number of aliphatic hydroxyl groups is 1. The van der Waals surface area contributed by atoms with Crippen LogP contribution in [0.4, 0.5) is 0 Å². The molecule has 138 valence electrons. The lowest BCUT2D eigenvalue weighted by molar-refractivity contribution is 0.0677. The summed E-state index contributed by atoms with van der Waals surface area (Å²) in [6.07, 6.45) is 2.52. The van der Waals surface area contributed by atoms with Crippen molar-refractivity contribution < 1.29 is 5.11 Å². The Bertz CT molecular complexity index is 493. The summed E-state index contributed by atoms with van der Waals surface area (Å²) in [6.45, 7) is 10.5. The van der Waals surface area contributed by atoms with Gasteiger partial charge in [-0.05, 0) is 62.2 Å². The van der Waals surface area contributed by atoms with Gasteiger partial charge in [-0.3, -0.25) is 4.90 Å². The van der Waals surface area contributed by atoms with Gasteiger partial charge in [-0.2, -0.15) is 11.3 Å². The largest absolute Gasteiger partial charge is 0.383 e. The van der Waals surface area contributed by atoms with Crippen molar-refractivity contribution in [1.29, 1.82) is 0 Å². The fourth-order valence-electron chi connectivity index (χ4n) is 2.99. The lowest BCUT2D eigenvalue weighted by atomic mass is 10.00. The van der Waals surface area contributed by atoms with Crippen molar-refractivity contribution in [2.45, 2.75) is 45.3 Å². The highest BCUT2D eigenvalue weighted by atomic mass is 127. The molecule has 24 heavy (non-hydrogen) atoms.